The lowest BCUT2D eigenvalue weighted by Crippen LogP contribution is -2.32. The molecule has 4 aromatic carbocycles. The Morgan fingerprint density at radius 2 is 1.62 bits per heavy atom. The summed E-state index contributed by atoms with van der Waals surface area (Å²) >= 11 is 6.88. The maximum atomic E-state index is 13.2. The normalized spacial score (nSPS) is 14.8. The Bertz CT molecular complexity index is 1720. The highest BCUT2D eigenvalue weighted by atomic mass is 35.5. The summed E-state index contributed by atoms with van der Waals surface area (Å²) in [6.45, 7) is 1.94. The first-order valence-corrected chi connectivity index (χ1v) is 14.5. The van der Waals surface area contributed by atoms with E-state index < -0.39 is 21.3 Å². The quantitative estimate of drug-likeness (QED) is 0.170. The fraction of sp³-hybridized carbons (Fsp3) is 0.103. The molecule has 0 saturated carbocycles. The van der Waals surface area contributed by atoms with E-state index in [1.807, 2.05) is 19.1 Å². The topological polar surface area (TPSA) is 90.0 Å². The monoisotopic (exact) mass is 579 g/mol. The standard InChI is InChI=1S/C29H22ClNO6S2/c1-19-10-13-21(14-11-19)39(34,35)37-25-15-12-20-6-2-3-7-22(20)23(25)18-27-28(32)31(29(33)38-27)16-17-36-26-9-5-4-8-24(26)30/h2-15,18H,16-17H2,1H3/b27-18-. The molecule has 0 bridgehead atoms. The molecule has 4 aromatic rings. The zero-order chi connectivity index (χ0) is 27.6. The minimum Gasteiger partial charge on any atom is -0.490 e. The van der Waals surface area contributed by atoms with E-state index in [4.69, 9.17) is 20.5 Å². The molecule has 0 aromatic heterocycles. The van der Waals surface area contributed by atoms with Gasteiger partial charge in [-0.25, -0.2) is 0 Å². The van der Waals surface area contributed by atoms with Crippen LogP contribution in [0.1, 0.15) is 11.1 Å². The molecule has 1 fully saturated rings. The highest BCUT2D eigenvalue weighted by molar-refractivity contribution is 8.18. The van der Waals surface area contributed by atoms with Gasteiger partial charge in [0.25, 0.3) is 11.1 Å². The van der Waals surface area contributed by atoms with Crippen LogP contribution in [0.5, 0.6) is 11.5 Å². The molecule has 2 amide bonds. The molecule has 0 spiro atoms. The van der Waals surface area contributed by atoms with Gasteiger partial charge in [-0.15, -0.1) is 0 Å². The Morgan fingerprint density at radius 3 is 2.38 bits per heavy atom. The fourth-order valence-electron chi connectivity index (χ4n) is 4.00. The highest BCUT2D eigenvalue weighted by Gasteiger charge is 2.35. The third-order valence-electron chi connectivity index (χ3n) is 6.00. The number of nitrogens with zero attached hydrogens (tertiary/aromatic N) is 1. The molecule has 5 rings (SSSR count). The minimum absolute atomic E-state index is 0.00560. The molecular weight excluding hydrogens is 558 g/mol. The van der Waals surface area contributed by atoms with Crippen LogP contribution in [0.4, 0.5) is 4.79 Å². The van der Waals surface area contributed by atoms with Crippen molar-refractivity contribution in [2.24, 2.45) is 0 Å². The van der Waals surface area contributed by atoms with Crippen molar-refractivity contribution in [2.45, 2.75) is 11.8 Å². The number of amides is 2. The zero-order valence-electron chi connectivity index (χ0n) is 20.7. The van der Waals surface area contributed by atoms with Crippen molar-refractivity contribution < 1.29 is 26.9 Å². The smallest absolute Gasteiger partial charge is 0.339 e. The molecule has 0 N–H and O–H groups in total. The van der Waals surface area contributed by atoms with Gasteiger partial charge in [-0.3, -0.25) is 14.5 Å². The number of fused-ring (bicyclic) bond motifs is 1. The number of thioether (sulfide) groups is 1. The van der Waals surface area contributed by atoms with Crippen molar-refractivity contribution in [1.29, 1.82) is 0 Å². The average molecular weight is 580 g/mol. The van der Waals surface area contributed by atoms with Crippen LogP contribution in [-0.2, 0) is 14.9 Å². The molecule has 7 nitrogen and oxygen atoms in total. The van der Waals surface area contributed by atoms with E-state index in [0.717, 1.165) is 27.6 Å². The molecule has 0 radical (unpaired) electrons. The maximum Gasteiger partial charge on any atom is 0.339 e. The number of ether oxygens (including phenoxy) is 1. The first-order chi connectivity index (χ1) is 18.7. The van der Waals surface area contributed by atoms with E-state index in [9.17, 15) is 18.0 Å². The number of aryl methyl sites for hydroxylation is 1. The van der Waals surface area contributed by atoms with E-state index in [1.165, 1.54) is 18.2 Å². The van der Waals surface area contributed by atoms with E-state index in [0.29, 0.717) is 21.7 Å². The second-order valence-corrected chi connectivity index (χ2v) is 11.6. The van der Waals surface area contributed by atoms with Crippen molar-refractivity contribution in [3.8, 4) is 11.5 Å². The molecule has 1 aliphatic heterocycles. The second kappa shape index (κ2) is 11.1. The number of carbonyl (C=O) groups is 2. The number of hydrogen-bond acceptors (Lipinski definition) is 7. The molecular formula is C29H22ClNO6S2. The van der Waals surface area contributed by atoms with Gasteiger partial charge in [-0.2, -0.15) is 8.42 Å². The Kier molecular flexibility index (Phi) is 7.65. The van der Waals surface area contributed by atoms with Crippen LogP contribution in [0.25, 0.3) is 16.8 Å². The first-order valence-electron chi connectivity index (χ1n) is 11.9. The van der Waals surface area contributed by atoms with Gasteiger partial charge in [-0.05, 0) is 65.9 Å². The molecule has 1 saturated heterocycles. The Hall–Kier alpha value is -3.79. The summed E-state index contributed by atoms with van der Waals surface area (Å²) in [5, 5.41) is 1.46. The van der Waals surface area contributed by atoms with Gasteiger partial charge in [0.2, 0.25) is 0 Å². The summed E-state index contributed by atoms with van der Waals surface area (Å²) in [5.41, 5.74) is 1.29. The summed E-state index contributed by atoms with van der Waals surface area (Å²) in [4.78, 5) is 27.1. The molecule has 39 heavy (non-hydrogen) atoms. The van der Waals surface area contributed by atoms with Crippen LogP contribution in [0.2, 0.25) is 5.02 Å². The predicted molar refractivity (Wildman–Crippen MR) is 153 cm³/mol. The molecule has 198 valence electrons. The van der Waals surface area contributed by atoms with Gasteiger partial charge in [0, 0.05) is 5.56 Å². The van der Waals surface area contributed by atoms with Crippen LogP contribution < -0.4 is 8.92 Å². The van der Waals surface area contributed by atoms with E-state index >= 15 is 0 Å². The fourth-order valence-corrected chi connectivity index (χ4v) is 5.99. The number of benzene rings is 4. The average Bonchev–Trinajstić information content (AvgIpc) is 3.18. The van der Waals surface area contributed by atoms with Gasteiger partial charge >= 0.3 is 10.1 Å². The number of rotatable bonds is 8. The molecule has 0 unspecified atom stereocenters. The van der Waals surface area contributed by atoms with Crippen LogP contribution in [0.3, 0.4) is 0 Å². The third-order valence-corrected chi connectivity index (χ3v) is 8.47. The highest BCUT2D eigenvalue weighted by Crippen LogP contribution is 2.37. The Morgan fingerprint density at radius 1 is 0.897 bits per heavy atom. The van der Waals surface area contributed by atoms with Crippen LogP contribution in [0, 0.1) is 6.92 Å². The number of imide groups is 1. The molecule has 0 aliphatic carbocycles. The molecule has 0 atom stereocenters. The summed E-state index contributed by atoms with van der Waals surface area (Å²) in [5.74, 6) is -0.00910. The van der Waals surface area contributed by atoms with E-state index in [2.05, 4.69) is 0 Å². The lowest BCUT2D eigenvalue weighted by molar-refractivity contribution is -0.123. The van der Waals surface area contributed by atoms with Gasteiger partial charge in [0.1, 0.15) is 17.3 Å². The SMILES string of the molecule is Cc1ccc(S(=O)(=O)Oc2ccc3ccccc3c2/C=C2\SC(=O)N(CCOc3ccccc3Cl)C2=O)cc1. The number of hydrogen-bond donors (Lipinski definition) is 0. The van der Waals surface area contributed by atoms with Gasteiger partial charge in [0.05, 0.1) is 16.5 Å². The van der Waals surface area contributed by atoms with Gasteiger partial charge in [0.15, 0.2) is 5.75 Å². The van der Waals surface area contributed by atoms with Crippen molar-refractivity contribution in [2.75, 3.05) is 13.2 Å². The zero-order valence-corrected chi connectivity index (χ0v) is 23.1. The summed E-state index contributed by atoms with van der Waals surface area (Å²) in [6.07, 6.45) is 1.50. The number of para-hydroxylation sites is 1. The Balaban J connectivity index is 1.44. The Labute approximate surface area is 235 Å². The van der Waals surface area contributed by atoms with Crippen molar-refractivity contribution in [1.82, 2.24) is 4.90 Å². The first kappa shape index (κ1) is 26.8. The van der Waals surface area contributed by atoms with Crippen molar-refractivity contribution in [3.63, 3.8) is 0 Å². The minimum atomic E-state index is -4.16. The third kappa shape index (κ3) is 5.80. The predicted octanol–water partition coefficient (Wildman–Crippen LogP) is 6.68. The molecule has 10 heteroatoms. The number of carbonyl (C=O) groups excluding carboxylic acids is 2. The van der Waals surface area contributed by atoms with Gasteiger partial charge < -0.3 is 8.92 Å². The molecule has 1 aliphatic rings. The van der Waals surface area contributed by atoms with Crippen LogP contribution in [0.15, 0.2) is 94.7 Å². The maximum absolute atomic E-state index is 13.2. The molecule has 1 heterocycles. The lowest BCUT2D eigenvalue weighted by atomic mass is 10.0. The summed E-state index contributed by atoms with van der Waals surface area (Å²) in [6, 6.07) is 23.8. The largest absolute Gasteiger partial charge is 0.490 e. The lowest BCUT2D eigenvalue weighted by Gasteiger charge is -2.14. The van der Waals surface area contributed by atoms with Gasteiger partial charge in [-0.1, -0.05) is 71.8 Å². The van der Waals surface area contributed by atoms with Crippen LogP contribution >= 0.6 is 23.4 Å². The summed E-state index contributed by atoms with van der Waals surface area (Å²) < 4.78 is 37.3. The second-order valence-electron chi connectivity index (χ2n) is 8.66. The van der Waals surface area contributed by atoms with Crippen LogP contribution in [-0.4, -0.2) is 37.6 Å². The van der Waals surface area contributed by atoms with Crippen molar-refractivity contribution in [3.05, 3.63) is 106 Å². The van der Waals surface area contributed by atoms with E-state index in [-0.39, 0.29) is 28.7 Å². The number of halogens is 1. The summed E-state index contributed by atoms with van der Waals surface area (Å²) in [7, 11) is -4.16. The van der Waals surface area contributed by atoms with Crippen molar-refractivity contribution >= 4 is 61.5 Å². The van der Waals surface area contributed by atoms with E-state index in [1.54, 1.807) is 60.7 Å².